The van der Waals surface area contributed by atoms with Gasteiger partial charge in [0.05, 0.1) is 23.6 Å². The van der Waals surface area contributed by atoms with Crippen molar-refractivity contribution in [2.45, 2.75) is 68.6 Å². The van der Waals surface area contributed by atoms with Crippen LogP contribution in [-0.4, -0.2) is 64.2 Å². The van der Waals surface area contributed by atoms with Gasteiger partial charge in [-0.3, -0.25) is 4.79 Å². The van der Waals surface area contributed by atoms with E-state index >= 15 is 0 Å². The number of aliphatic hydroxyl groups excluding tert-OH is 1. The lowest BCUT2D eigenvalue weighted by atomic mass is 9.68. The minimum atomic E-state index is -4.01. The molecule has 4 aliphatic rings. The maximum absolute atomic E-state index is 13.5. The summed E-state index contributed by atoms with van der Waals surface area (Å²) in [5.74, 6) is 0.275. The van der Waals surface area contributed by atoms with Gasteiger partial charge in [0.1, 0.15) is 5.75 Å². The van der Waals surface area contributed by atoms with Crippen LogP contribution in [0.2, 0.25) is 5.02 Å². The molecule has 0 aromatic heterocycles. The van der Waals surface area contributed by atoms with Gasteiger partial charge in [0, 0.05) is 42.8 Å². The lowest BCUT2D eigenvalue weighted by molar-refractivity contribution is 0.0454. The zero-order valence-corrected chi connectivity index (χ0v) is 27.1. The Hall–Kier alpha value is -2.59. The Kier molecular flexibility index (Phi) is 9.03. The number of rotatable bonds is 3. The second kappa shape index (κ2) is 12.7. The van der Waals surface area contributed by atoms with Gasteiger partial charge >= 0.3 is 0 Å². The van der Waals surface area contributed by atoms with Gasteiger partial charge < -0.3 is 19.5 Å². The maximum atomic E-state index is 13.5. The van der Waals surface area contributed by atoms with E-state index in [9.17, 15) is 18.3 Å². The third kappa shape index (κ3) is 6.26. The molecular weight excluding hydrogens is 600 g/mol. The molecule has 2 heterocycles. The van der Waals surface area contributed by atoms with Crippen molar-refractivity contribution in [1.29, 1.82) is 0 Å². The number of carbonyl (C=O) groups is 1. The van der Waals surface area contributed by atoms with Crippen LogP contribution in [0.25, 0.3) is 0 Å². The van der Waals surface area contributed by atoms with Crippen LogP contribution in [0.3, 0.4) is 0 Å². The van der Waals surface area contributed by atoms with Crippen LogP contribution in [0.1, 0.15) is 66.9 Å². The largest absolute Gasteiger partial charge is 0.490 e. The van der Waals surface area contributed by atoms with E-state index in [2.05, 4.69) is 21.8 Å². The molecule has 2 aliphatic carbocycles. The Morgan fingerprint density at radius 1 is 1.18 bits per heavy atom. The summed E-state index contributed by atoms with van der Waals surface area (Å²) >= 11 is 6.40. The summed E-state index contributed by atoms with van der Waals surface area (Å²) in [6, 6.07) is 11.4. The van der Waals surface area contributed by atoms with Crippen LogP contribution in [0, 0.1) is 17.8 Å². The molecule has 1 amide bonds. The molecule has 238 valence electrons. The first kappa shape index (κ1) is 31.4. The molecule has 1 fully saturated rings. The molecule has 2 aromatic carbocycles. The normalized spacial score (nSPS) is 32.3. The SMILES string of the molecule is COCC[C@H]1C[C@H](C)/C=C\[C@H](O)[C@@H]2CC[C@H]2CN2C[C@@]3(CCCc4cc(Cl)ccc43)COc3ccc(cc32)C(=O)NS1(=O)=O. The van der Waals surface area contributed by atoms with Crippen molar-refractivity contribution in [2.75, 3.05) is 38.3 Å². The molecule has 1 spiro atoms. The number of halogens is 1. The molecule has 2 aromatic rings. The molecule has 8 nitrogen and oxygen atoms in total. The predicted octanol–water partition coefficient (Wildman–Crippen LogP) is 5.26. The van der Waals surface area contributed by atoms with E-state index in [4.69, 9.17) is 21.1 Å². The number of carbonyl (C=O) groups excluding carboxylic acids is 1. The number of allylic oxidation sites excluding steroid dienone is 1. The quantitative estimate of drug-likeness (QED) is 0.440. The number of methoxy groups -OCH3 is 1. The van der Waals surface area contributed by atoms with Crippen molar-refractivity contribution >= 4 is 33.2 Å². The summed E-state index contributed by atoms with van der Waals surface area (Å²) in [6.45, 7) is 4.07. The molecular formula is C34H43ClN2O6S. The first-order chi connectivity index (χ1) is 21.1. The molecule has 44 heavy (non-hydrogen) atoms. The third-order valence-electron chi connectivity index (χ3n) is 10.3. The number of ether oxygens (including phenoxy) is 2. The molecule has 0 saturated heterocycles. The van der Waals surface area contributed by atoms with Gasteiger partial charge in [-0.1, -0.05) is 36.7 Å². The number of aryl methyl sites for hydroxylation is 1. The molecule has 2 N–H and O–H groups in total. The standard InChI is InChI=1S/C34H43ClN2O6S/c1-22-5-11-31(38)28-9-6-25(28)19-37-20-34(14-3-4-23-17-26(35)8-10-29(23)34)21-43-32-12-7-24(18-30(32)37)33(39)36-44(40,41)27(16-22)13-15-42-2/h5,7-8,10-12,17-18,22,25,27-28,31,38H,3-4,6,9,13-16,19-21H2,1-2H3,(H,36,39)/b11-5-/t22-,25+,27+,28-,31+,34+/m1/s1. The fraction of sp³-hybridized carbons (Fsp3) is 0.559. The van der Waals surface area contributed by atoms with E-state index in [0.29, 0.717) is 31.9 Å². The molecule has 6 atom stereocenters. The number of hydrogen-bond donors (Lipinski definition) is 2. The van der Waals surface area contributed by atoms with Crippen LogP contribution in [0.4, 0.5) is 5.69 Å². The number of amides is 1. The summed E-state index contributed by atoms with van der Waals surface area (Å²) in [4.78, 5) is 15.8. The van der Waals surface area contributed by atoms with E-state index in [1.165, 1.54) is 18.2 Å². The number of sulfonamides is 1. The maximum Gasteiger partial charge on any atom is 0.264 e. The highest BCUT2D eigenvalue weighted by Gasteiger charge is 2.44. The number of benzene rings is 2. The van der Waals surface area contributed by atoms with Crippen molar-refractivity contribution in [3.63, 3.8) is 0 Å². The van der Waals surface area contributed by atoms with E-state index < -0.39 is 27.3 Å². The number of nitrogens with zero attached hydrogens (tertiary/aromatic N) is 1. The van der Waals surface area contributed by atoms with Gasteiger partial charge in [-0.05, 0) is 104 Å². The van der Waals surface area contributed by atoms with Crippen molar-refractivity contribution in [1.82, 2.24) is 4.72 Å². The summed E-state index contributed by atoms with van der Waals surface area (Å²) in [6.07, 6.45) is 8.59. The Bertz CT molecular complexity index is 1530. The van der Waals surface area contributed by atoms with Gasteiger partial charge in [-0.2, -0.15) is 0 Å². The number of hydrogen-bond acceptors (Lipinski definition) is 7. The minimum absolute atomic E-state index is 0.104. The molecule has 0 unspecified atom stereocenters. The van der Waals surface area contributed by atoms with Gasteiger partial charge in [0.15, 0.2) is 0 Å². The molecule has 10 heteroatoms. The first-order valence-corrected chi connectivity index (χ1v) is 17.7. The number of aliphatic hydroxyl groups is 1. The number of fused-ring (bicyclic) bond motifs is 4. The summed E-state index contributed by atoms with van der Waals surface area (Å²) in [7, 11) is -2.48. The first-order valence-electron chi connectivity index (χ1n) is 15.8. The highest BCUT2D eigenvalue weighted by atomic mass is 35.5. The molecule has 6 rings (SSSR count). The van der Waals surface area contributed by atoms with Crippen LogP contribution in [-0.2, 0) is 26.6 Å². The Morgan fingerprint density at radius 3 is 2.80 bits per heavy atom. The van der Waals surface area contributed by atoms with Crippen LogP contribution in [0.5, 0.6) is 5.75 Å². The zero-order valence-electron chi connectivity index (χ0n) is 25.5. The van der Waals surface area contributed by atoms with Gasteiger partial charge in [0.25, 0.3) is 5.91 Å². The second-order valence-electron chi connectivity index (χ2n) is 13.3. The average molecular weight is 643 g/mol. The lowest BCUT2D eigenvalue weighted by Crippen LogP contribution is -2.49. The highest BCUT2D eigenvalue weighted by Crippen LogP contribution is 2.46. The average Bonchev–Trinajstić information content (AvgIpc) is 3.12. The topological polar surface area (TPSA) is 105 Å². The van der Waals surface area contributed by atoms with E-state index in [1.54, 1.807) is 18.2 Å². The van der Waals surface area contributed by atoms with E-state index in [-0.39, 0.29) is 41.8 Å². The summed E-state index contributed by atoms with van der Waals surface area (Å²) < 4.78 is 41.1. The highest BCUT2D eigenvalue weighted by molar-refractivity contribution is 7.90. The van der Waals surface area contributed by atoms with Crippen molar-refractivity contribution in [2.24, 2.45) is 17.8 Å². The predicted molar refractivity (Wildman–Crippen MR) is 172 cm³/mol. The second-order valence-corrected chi connectivity index (χ2v) is 15.7. The van der Waals surface area contributed by atoms with Crippen LogP contribution in [0.15, 0.2) is 48.6 Å². The molecule has 2 bridgehead atoms. The van der Waals surface area contributed by atoms with Gasteiger partial charge in [0.2, 0.25) is 10.0 Å². The van der Waals surface area contributed by atoms with Crippen molar-refractivity contribution in [3.05, 3.63) is 70.3 Å². The lowest BCUT2D eigenvalue weighted by Gasteiger charge is -2.45. The fourth-order valence-electron chi connectivity index (χ4n) is 7.67. The Labute approximate surface area is 265 Å². The fourth-order valence-corrected chi connectivity index (χ4v) is 9.37. The van der Waals surface area contributed by atoms with Crippen molar-refractivity contribution in [3.8, 4) is 5.75 Å². The Morgan fingerprint density at radius 2 is 2.02 bits per heavy atom. The molecule has 2 aliphatic heterocycles. The van der Waals surface area contributed by atoms with Gasteiger partial charge in [-0.25, -0.2) is 13.1 Å². The summed E-state index contributed by atoms with van der Waals surface area (Å²) in [5.41, 5.74) is 3.27. The van der Waals surface area contributed by atoms with Gasteiger partial charge in [-0.15, -0.1) is 0 Å². The number of anilines is 1. The smallest absolute Gasteiger partial charge is 0.264 e. The Balaban J connectivity index is 1.41. The third-order valence-corrected chi connectivity index (χ3v) is 12.3. The molecule has 0 radical (unpaired) electrons. The van der Waals surface area contributed by atoms with Crippen LogP contribution < -0.4 is 14.4 Å². The summed E-state index contributed by atoms with van der Waals surface area (Å²) in [5, 5.41) is 11.2. The monoisotopic (exact) mass is 642 g/mol. The van der Waals surface area contributed by atoms with E-state index in [1.807, 2.05) is 25.1 Å². The van der Waals surface area contributed by atoms with Crippen LogP contribution >= 0.6 is 11.6 Å². The number of nitrogens with one attached hydrogen (secondary N) is 1. The minimum Gasteiger partial charge on any atom is -0.490 e. The molecule has 1 saturated carbocycles. The van der Waals surface area contributed by atoms with E-state index in [0.717, 1.165) is 42.8 Å². The zero-order chi connectivity index (χ0) is 31.1. The van der Waals surface area contributed by atoms with Crippen molar-refractivity contribution < 1.29 is 27.8 Å².